The van der Waals surface area contributed by atoms with Crippen LogP contribution in [-0.4, -0.2) is 35.6 Å². The smallest absolute Gasteiger partial charge is 0.310 e. The van der Waals surface area contributed by atoms with Crippen LogP contribution in [0.3, 0.4) is 0 Å². The number of carbonyl (C=O) groups is 1. The van der Waals surface area contributed by atoms with Crippen LogP contribution in [0, 0.1) is 0 Å². The molecule has 0 amide bonds. The minimum Gasteiger partial charge on any atom is -0.507 e. The number of benzene rings is 1. The van der Waals surface area contributed by atoms with E-state index in [2.05, 4.69) is 0 Å². The average Bonchev–Trinajstić information content (AvgIpc) is 2.44. The molecule has 5 nitrogen and oxygen atoms in total. The molecule has 2 N–H and O–H groups in total. The third-order valence-corrected chi connectivity index (χ3v) is 3.36. The van der Waals surface area contributed by atoms with Gasteiger partial charge in [0.15, 0.2) is 6.23 Å². The van der Waals surface area contributed by atoms with Crippen LogP contribution in [0.15, 0.2) is 29.8 Å². The van der Waals surface area contributed by atoms with E-state index in [9.17, 15) is 15.0 Å². The zero-order valence-corrected chi connectivity index (χ0v) is 11.7. The van der Waals surface area contributed by atoms with Crippen molar-refractivity contribution in [2.75, 3.05) is 18.1 Å². The van der Waals surface area contributed by atoms with E-state index >= 15 is 0 Å². The Morgan fingerprint density at radius 3 is 2.70 bits per heavy atom. The summed E-state index contributed by atoms with van der Waals surface area (Å²) in [5, 5.41) is 20.7. The van der Waals surface area contributed by atoms with Crippen LogP contribution in [-0.2, 0) is 9.53 Å². The molecule has 1 aromatic rings. The van der Waals surface area contributed by atoms with Gasteiger partial charge in [0, 0.05) is 23.4 Å². The zero-order chi connectivity index (χ0) is 14.7. The Hall–Kier alpha value is -2.01. The van der Waals surface area contributed by atoms with Gasteiger partial charge in [0.2, 0.25) is 0 Å². The van der Waals surface area contributed by atoms with Gasteiger partial charge in [0.1, 0.15) is 5.76 Å². The lowest BCUT2D eigenvalue weighted by Gasteiger charge is -2.36. The number of anilines is 1. The number of carbonyl (C=O) groups excluding carboxylic acids is 1. The topological polar surface area (TPSA) is 70.0 Å². The molecular weight excluding hydrogens is 258 g/mol. The Kier molecular flexibility index (Phi) is 4.29. The molecule has 0 bridgehead atoms. The second-order valence-electron chi connectivity index (χ2n) is 4.53. The molecule has 20 heavy (non-hydrogen) atoms. The predicted molar refractivity (Wildman–Crippen MR) is 76.3 cm³/mol. The fourth-order valence-corrected chi connectivity index (χ4v) is 2.43. The molecule has 1 aliphatic heterocycles. The average molecular weight is 277 g/mol. The van der Waals surface area contributed by atoms with Gasteiger partial charge in [-0.15, -0.1) is 0 Å². The Labute approximate surface area is 118 Å². The summed E-state index contributed by atoms with van der Waals surface area (Å²) >= 11 is 0. The molecule has 0 fully saturated rings. The van der Waals surface area contributed by atoms with Gasteiger partial charge in [-0.3, -0.25) is 4.79 Å². The highest BCUT2D eigenvalue weighted by Crippen LogP contribution is 2.37. The number of aliphatic hydroxyl groups is 2. The zero-order valence-electron chi connectivity index (χ0n) is 11.7. The van der Waals surface area contributed by atoms with Crippen LogP contribution in [0.25, 0.3) is 5.76 Å². The van der Waals surface area contributed by atoms with Gasteiger partial charge < -0.3 is 19.8 Å². The van der Waals surface area contributed by atoms with Crippen molar-refractivity contribution in [1.82, 2.24) is 0 Å². The Morgan fingerprint density at radius 2 is 2.05 bits per heavy atom. The minimum absolute atomic E-state index is 0.0362. The number of hydrogen-bond donors (Lipinski definition) is 2. The number of esters is 1. The molecule has 5 heteroatoms. The highest BCUT2D eigenvalue weighted by Gasteiger charge is 2.32. The summed E-state index contributed by atoms with van der Waals surface area (Å²) in [7, 11) is 0. The van der Waals surface area contributed by atoms with E-state index < -0.39 is 12.2 Å². The van der Waals surface area contributed by atoms with E-state index in [1.807, 2.05) is 25.1 Å². The van der Waals surface area contributed by atoms with Crippen LogP contribution < -0.4 is 4.90 Å². The fourth-order valence-electron chi connectivity index (χ4n) is 2.43. The predicted octanol–water partition coefficient (Wildman–Crippen LogP) is 2.07. The maximum atomic E-state index is 11.6. The summed E-state index contributed by atoms with van der Waals surface area (Å²) in [5.74, 6) is -0.491. The number of rotatable bonds is 4. The fraction of sp³-hybridized carbons (Fsp3) is 0.400. The second kappa shape index (κ2) is 5.96. The van der Waals surface area contributed by atoms with Crippen LogP contribution in [0.4, 0.5) is 5.69 Å². The van der Waals surface area contributed by atoms with Gasteiger partial charge in [-0.25, -0.2) is 0 Å². The van der Waals surface area contributed by atoms with E-state index in [0.717, 1.165) is 5.69 Å². The van der Waals surface area contributed by atoms with E-state index in [4.69, 9.17) is 4.74 Å². The van der Waals surface area contributed by atoms with Crippen LogP contribution in [0.5, 0.6) is 0 Å². The van der Waals surface area contributed by atoms with Crippen LogP contribution >= 0.6 is 0 Å². The summed E-state index contributed by atoms with van der Waals surface area (Å²) < 4.78 is 4.88. The molecule has 2 rings (SSSR count). The number of fused-ring (bicyclic) bond motifs is 1. The minimum atomic E-state index is -1.01. The molecule has 108 valence electrons. The summed E-state index contributed by atoms with van der Waals surface area (Å²) in [5.41, 5.74) is 1.66. The number of nitrogens with zero attached hydrogens (tertiary/aromatic N) is 1. The summed E-state index contributed by atoms with van der Waals surface area (Å²) in [4.78, 5) is 13.4. The Bertz CT molecular complexity index is 538. The summed E-state index contributed by atoms with van der Waals surface area (Å²) in [6.07, 6.45) is -1.13. The number of aliphatic hydroxyl groups excluding tert-OH is 2. The van der Waals surface area contributed by atoms with Gasteiger partial charge in [0.25, 0.3) is 0 Å². The highest BCUT2D eigenvalue weighted by molar-refractivity contribution is 5.83. The highest BCUT2D eigenvalue weighted by atomic mass is 16.5. The van der Waals surface area contributed by atoms with Gasteiger partial charge in [0.05, 0.1) is 13.0 Å². The standard InChI is InChI=1S/C15H19NO4/c1-3-16-12-8-6-5-7-10(12)14(18)11(15(16)19)9-13(17)20-4-2/h5-8,15,18-19H,3-4,9H2,1-2H3. The van der Waals surface area contributed by atoms with E-state index in [1.54, 1.807) is 17.9 Å². The second-order valence-corrected chi connectivity index (χ2v) is 4.53. The number of likely N-dealkylation sites (N-methyl/N-ethyl adjacent to an activating group) is 1. The molecule has 0 aliphatic carbocycles. The monoisotopic (exact) mass is 277 g/mol. The lowest BCUT2D eigenvalue weighted by atomic mass is 9.96. The first-order chi connectivity index (χ1) is 9.60. The first kappa shape index (κ1) is 14.4. The molecule has 1 aromatic carbocycles. The maximum Gasteiger partial charge on any atom is 0.310 e. The lowest BCUT2D eigenvalue weighted by Crippen LogP contribution is -2.40. The van der Waals surface area contributed by atoms with E-state index in [0.29, 0.717) is 12.1 Å². The largest absolute Gasteiger partial charge is 0.507 e. The van der Waals surface area contributed by atoms with Crippen LogP contribution in [0.1, 0.15) is 25.8 Å². The molecule has 0 saturated heterocycles. The molecule has 0 saturated carbocycles. The SMILES string of the molecule is CCOC(=O)CC1=C(O)c2ccccc2N(CC)C1O. The van der Waals surface area contributed by atoms with Crippen molar-refractivity contribution in [3.05, 3.63) is 35.4 Å². The van der Waals surface area contributed by atoms with Crippen molar-refractivity contribution in [1.29, 1.82) is 0 Å². The van der Waals surface area contributed by atoms with Gasteiger partial charge >= 0.3 is 5.97 Å². The molecule has 1 atom stereocenters. The summed E-state index contributed by atoms with van der Waals surface area (Å²) in [6, 6.07) is 7.25. The first-order valence-corrected chi connectivity index (χ1v) is 6.71. The third-order valence-electron chi connectivity index (χ3n) is 3.36. The molecule has 1 unspecified atom stereocenters. The quantitative estimate of drug-likeness (QED) is 0.824. The van der Waals surface area contributed by atoms with E-state index in [1.165, 1.54) is 0 Å². The maximum absolute atomic E-state index is 11.6. The molecule has 0 aromatic heterocycles. The molecular formula is C15H19NO4. The van der Waals surface area contributed by atoms with Gasteiger partial charge in [-0.05, 0) is 26.0 Å². The van der Waals surface area contributed by atoms with Crippen LogP contribution in [0.2, 0.25) is 0 Å². The Morgan fingerprint density at radius 1 is 1.35 bits per heavy atom. The van der Waals surface area contributed by atoms with Gasteiger partial charge in [-0.1, -0.05) is 12.1 Å². The summed E-state index contributed by atoms with van der Waals surface area (Å²) in [6.45, 7) is 4.47. The van der Waals surface area contributed by atoms with E-state index in [-0.39, 0.29) is 24.4 Å². The number of hydrogen-bond acceptors (Lipinski definition) is 5. The van der Waals surface area contributed by atoms with Crippen molar-refractivity contribution in [3.63, 3.8) is 0 Å². The van der Waals surface area contributed by atoms with Crippen molar-refractivity contribution < 1.29 is 19.7 Å². The Balaban J connectivity index is 2.42. The molecule has 1 aliphatic rings. The third kappa shape index (κ3) is 2.49. The van der Waals surface area contributed by atoms with Crippen molar-refractivity contribution in [2.24, 2.45) is 0 Å². The van der Waals surface area contributed by atoms with Crippen molar-refractivity contribution in [2.45, 2.75) is 26.5 Å². The molecule has 0 spiro atoms. The normalized spacial score (nSPS) is 17.9. The van der Waals surface area contributed by atoms with Crippen molar-refractivity contribution >= 4 is 17.4 Å². The van der Waals surface area contributed by atoms with Crippen molar-refractivity contribution in [3.8, 4) is 0 Å². The molecule has 1 heterocycles. The lowest BCUT2D eigenvalue weighted by molar-refractivity contribution is -0.142. The molecule has 0 radical (unpaired) electrons. The number of ether oxygens (including phenoxy) is 1. The number of para-hydroxylation sites is 1. The van der Waals surface area contributed by atoms with Gasteiger partial charge in [-0.2, -0.15) is 0 Å². The first-order valence-electron chi connectivity index (χ1n) is 6.71.